The Hall–Kier alpha value is -3.06. The molecule has 10 heteroatoms. The van der Waals surface area contributed by atoms with Gasteiger partial charge in [-0.25, -0.2) is 4.98 Å². The number of nitriles is 1. The first kappa shape index (κ1) is 21.2. The summed E-state index contributed by atoms with van der Waals surface area (Å²) in [7, 11) is 2.09. The fourth-order valence-corrected chi connectivity index (χ4v) is 3.96. The summed E-state index contributed by atoms with van der Waals surface area (Å²) < 4.78 is 40.6. The fraction of sp³-hybridized carbons (Fsp3) is 0.476. The molecule has 0 spiro atoms. The summed E-state index contributed by atoms with van der Waals surface area (Å²) in [6.07, 6.45) is -2.77. The minimum atomic E-state index is -4.51. The van der Waals surface area contributed by atoms with Crippen molar-refractivity contribution in [2.75, 3.05) is 74.1 Å². The van der Waals surface area contributed by atoms with Gasteiger partial charge in [0.15, 0.2) is 0 Å². The molecule has 0 bridgehead atoms. The second-order valence-corrected chi connectivity index (χ2v) is 7.82. The Morgan fingerprint density at radius 2 is 1.55 bits per heavy atom. The molecular weight excluding hydrogens is 407 g/mol. The average molecular weight is 431 g/mol. The SMILES string of the molecule is CN1CCN(c2nccc(N3CCN(c4ccc(C#N)cc4C(F)(F)F)CC3)n2)CC1. The van der Waals surface area contributed by atoms with Crippen molar-refractivity contribution in [1.82, 2.24) is 14.9 Å². The number of aromatic nitrogens is 2. The summed E-state index contributed by atoms with van der Waals surface area (Å²) in [6.45, 7) is 5.62. The molecule has 0 aliphatic carbocycles. The predicted molar refractivity (Wildman–Crippen MR) is 112 cm³/mol. The van der Waals surface area contributed by atoms with Gasteiger partial charge in [-0.05, 0) is 31.3 Å². The van der Waals surface area contributed by atoms with Crippen molar-refractivity contribution in [3.63, 3.8) is 0 Å². The van der Waals surface area contributed by atoms with Crippen LogP contribution in [0, 0.1) is 11.3 Å². The lowest BCUT2D eigenvalue weighted by atomic mass is 10.1. The van der Waals surface area contributed by atoms with Crippen molar-refractivity contribution in [3.05, 3.63) is 41.6 Å². The van der Waals surface area contributed by atoms with Crippen molar-refractivity contribution in [2.45, 2.75) is 6.18 Å². The zero-order valence-electron chi connectivity index (χ0n) is 17.3. The molecule has 0 radical (unpaired) electrons. The van der Waals surface area contributed by atoms with E-state index in [4.69, 9.17) is 10.2 Å². The molecule has 164 valence electrons. The molecule has 7 nitrogen and oxygen atoms in total. The number of benzene rings is 1. The van der Waals surface area contributed by atoms with Crippen molar-refractivity contribution in [1.29, 1.82) is 5.26 Å². The van der Waals surface area contributed by atoms with Crippen LogP contribution in [0.3, 0.4) is 0 Å². The van der Waals surface area contributed by atoms with Crippen LogP contribution in [0.15, 0.2) is 30.5 Å². The third kappa shape index (κ3) is 4.66. The standard InChI is InChI=1S/C21H24F3N7/c1-28-6-8-31(9-7-28)20-26-5-4-19(27-20)30-12-10-29(11-13-30)18-3-2-16(15-25)14-17(18)21(22,23)24/h2-5,14H,6-13H2,1H3. The summed E-state index contributed by atoms with van der Waals surface area (Å²) in [6, 6.07) is 7.39. The number of hydrogen-bond acceptors (Lipinski definition) is 7. The highest BCUT2D eigenvalue weighted by Crippen LogP contribution is 2.37. The smallest absolute Gasteiger partial charge is 0.367 e. The minimum absolute atomic E-state index is 0.00660. The minimum Gasteiger partial charge on any atom is -0.367 e. The van der Waals surface area contributed by atoms with E-state index in [-0.39, 0.29) is 11.3 Å². The Morgan fingerprint density at radius 1 is 0.903 bits per heavy atom. The molecule has 1 aromatic carbocycles. The lowest BCUT2D eigenvalue weighted by Gasteiger charge is -2.38. The maximum absolute atomic E-state index is 13.5. The molecule has 3 heterocycles. The van der Waals surface area contributed by atoms with Gasteiger partial charge in [-0.1, -0.05) is 0 Å². The van der Waals surface area contributed by atoms with E-state index >= 15 is 0 Å². The molecule has 2 aromatic rings. The molecule has 0 atom stereocenters. The Morgan fingerprint density at radius 3 is 2.19 bits per heavy atom. The number of halogens is 3. The molecular formula is C21H24F3N7. The van der Waals surface area contributed by atoms with Crippen LogP contribution in [0.4, 0.5) is 30.6 Å². The third-order valence-electron chi connectivity index (χ3n) is 5.79. The fourth-order valence-electron chi connectivity index (χ4n) is 3.96. The molecule has 2 aliphatic heterocycles. The quantitative estimate of drug-likeness (QED) is 0.740. The number of anilines is 3. The maximum atomic E-state index is 13.5. The monoisotopic (exact) mass is 431 g/mol. The van der Waals surface area contributed by atoms with Gasteiger partial charge in [-0.3, -0.25) is 0 Å². The summed E-state index contributed by atoms with van der Waals surface area (Å²) in [4.78, 5) is 17.3. The molecule has 2 aliphatic rings. The summed E-state index contributed by atoms with van der Waals surface area (Å²) in [5, 5.41) is 8.96. The third-order valence-corrected chi connectivity index (χ3v) is 5.79. The molecule has 2 saturated heterocycles. The van der Waals surface area contributed by atoms with E-state index in [1.807, 2.05) is 6.07 Å². The number of hydrogen-bond donors (Lipinski definition) is 0. The van der Waals surface area contributed by atoms with Crippen molar-refractivity contribution in [2.24, 2.45) is 0 Å². The lowest BCUT2D eigenvalue weighted by Crippen LogP contribution is -2.48. The second-order valence-electron chi connectivity index (χ2n) is 7.82. The van der Waals surface area contributed by atoms with Crippen molar-refractivity contribution >= 4 is 17.5 Å². The molecule has 4 rings (SSSR count). The van der Waals surface area contributed by atoms with Gasteiger partial charge in [0, 0.05) is 64.2 Å². The molecule has 0 saturated carbocycles. The van der Waals surface area contributed by atoms with Crippen LogP contribution in [0.2, 0.25) is 0 Å². The van der Waals surface area contributed by atoms with Crippen LogP contribution in [-0.2, 0) is 6.18 Å². The van der Waals surface area contributed by atoms with Gasteiger partial charge in [0.1, 0.15) is 5.82 Å². The Kier molecular flexibility index (Phi) is 5.87. The van der Waals surface area contributed by atoms with Gasteiger partial charge in [0.05, 0.1) is 17.2 Å². The van der Waals surface area contributed by atoms with Gasteiger partial charge < -0.3 is 19.6 Å². The van der Waals surface area contributed by atoms with Crippen LogP contribution in [0.1, 0.15) is 11.1 Å². The molecule has 0 amide bonds. The highest BCUT2D eigenvalue weighted by molar-refractivity contribution is 5.59. The van der Waals surface area contributed by atoms with Crippen LogP contribution in [0.25, 0.3) is 0 Å². The van der Waals surface area contributed by atoms with E-state index in [1.54, 1.807) is 17.2 Å². The van der Waals surface area contributed by atoms with Crippen molar-refractivity contribution in [3.8, 4) is 6.07 Å². The zero-order chi connectivity index (χ0) is 22.0. The van der Waals surface area contributed by atoms with E-state index in [0.717, 1.165) is 38.1 Å². The van der Waals surface area contributed by atoms with Crippen LogP contribution in [-0.4, -0.2) is 74.3 Å². The first-order valence-electron chi connectivity index (χ1n) is 10.2. The topological polar surface area (TPSA) is 62.5 Å². The van der Waals surface area contributed by atoms with Gasteiger partial charge in [0.25, 0.3) is 0 Å². The van der Waals surface area contributed by atoms with Crippen LogP contribution >= 0.6 is 0 Å². The van der Waals surface area contributed by atoms with E-state index < -0.39 is 11.7 Å². The largest absolute Gasteiger partial charge is 0.418 e. The molecule has 0 unspecified atom stereocenters. The molecule has 0 N–H and O–H groups in total. The van der Waals surface area contributed by atoms with Crippen LogP contribution in [0.5, 0.6) is 0 Å². The Balaban J connectivity index is 1.46. The summed E-state index contributed by atoms with van der Waals surface area (Å²) >= 11 is 0. The van der Waals surface area contributed by atoms with E-state index in [1.165, 1.54) is 12.1 Å². The number of piperazine rings is 2. The Bertz CT molecular complexity index is 956. The number of likely N-dealkylation sites (N-methyl/N-ethyl adjacent to an activating group) is 1. The predicted octanol–water partition coefficient (Wildman–Crippen LogP) is 2.45. The van der Waals surface area contributed by atoms with E-state index in [2.05, 4.69) is 26.7 Å². The second kappa shape index (κ2) is 8.59. The van der Waals surface area contributed by atoms with Gasteiger partial charge in [0.2, 0.25) is 5.95 Å². The Labute approximate surface area is 179 Å². The highest BCUT2D eigenvalue weighted by Gasteiger charge is 2.36. The van der Waals surface area contributed by atoms with E-state index in [9.17, 15) is 13.2 Å². The molecule has 31 heavy (non-hydrogen) atoms. The van der Waals surface area contributed by atoms with Crippen LogP contribution < -0.4 is 14.7 Å². The molecule has 2 fully saturated rings. The first-order chi connectivity index (χ1) is 14.8. The number of nitrogens with zero attached hydrogens (tertiary/aromatic N) is 7. The van der Waals surface area contributed by atoms with Gasteiger partial charge in [-0.2, -0.15) is 23.4 Å². The normalized spacial score (nSPS) is 18.2. The average Bonchev–Trinajstić information content (AvgIpc) is 2.79. The van der Waals surface area contributed by atoms with E-state index in [0.29, 0.717) is 32.1 Å². The molecule has 1 aromatic heterocycles. The van der Waals surface area contributed by atoms with Gasteiger partial charge in [-0.15, -0.1) is 0 Å². The number of rotatable bonds is 3. The summed E-state index contributed by atoms with van der Waals surface area (Å²) in [5.41, 5.74) is -0.640. The first-order valence-corrected chi connectivity index (χ1v) is 10.2. The lowest BCUT2D eigenvalue weighted by molar-refractivity contribution is -0.137. The van der Waals surface area contributed by atoms with Gasteiger partial charge >= 0.3 is 6.18 Å². The zero-order valence-corrected chi connectivity index (χ0v) is 17.3. The number of alkyl halides is 3. The highest BCUT2D eigenvalue weighted by atomic mass is 19.4. The van der Waals surface area contributed by atoms with Crippen molar-refractivity contribution < 1.29 is 13.2 Å². The summed E-state index contributed by atoms with van der Waals surface area (Å²) in [5.74, 6) is 1.49. The maximum Gasteiger partial charge on any atom is 0.418 e.